The van der Waals surface area contributed by atoms with Crippen LogP contribution in [0.15, 0.2) is 142 Å². The highest BCUT2D eigenvalue weighted by molar-refractivity contribution is 6.16. The quantitative estimate of drug-likeness (QED) is 0.230. The van der Waals surface area contributed by atoms with Gasteiger partial charge in [-0.2, -0.15) is 0 Å². The van der Waals surface area contributed by atoms with Gasteiger partial charge in [-0.25, -0.2) is 4.98 Å². The Bertz CT molecular complexity index is 2350. The fraction of sp³-hybridized carbons (Fsp3) is 0. The Hall–Kier alpha value is -5.61. The lowest BCUT2D eigenvalue weighted by atomic mass is 10.0. The first-order valence-electron chi connectivity index (χ1n) is 13.7. The molecule has 0 N–H and O–H groups in total. The molecule has 4 heteroatoms. The maximum atomic E-state index is 6.20. The van der Waals surface area contributed by atoms with Crippen LogP contribution < -0.4 is 0 Å². The summed E-state index contributed by atoms with van der Waals surface area (Å²) < 4.78 is 14.6. The van der Waals surface area contributed by atoms with Crippen LogP contribution in [0.1, 0.15) is 0 Å². The number of nitrogens with zero attached hydrogens (tertiary/aromatic N) is 2. The average molecular weight is 527 g/mol. The fourth-order valence-corrected chi connectivity index (χ4v) is 6.13. The molecule has 0 aliphatic carbocycles. The SMILES string of the molecule is c1ccc2c(c1)oc1ccc3oc(-c4ccc(-c5ccc(-n6c7ccccc7c7ccccc76)cc5)cc4)nc3c12. The van der Waals surface area contributed by atoms with E-state index in [1.807, 2.05) is 30.3 Å². The van der Waals surface area contributed by atoms with E-state index in [1.54, 1.807) is 0 Å². The Morgan fingerprint density at radius 1 is 0.439 bits per heavy atom. The van der Waals surface area contributed by atoms with Crippen molar-refractivity contribution in [1.82, 2.24) is 9.55 Å². The van der Waals surface area contributed by atoms with Crippen LogP contribution in [-0.4, -0.2) is 9.55 Å². The van der Waals surface area contributed by atoms with Crippen LogP contribution in [0.3, 0.4) is 0 Å². The van der Waals surface area contributed by atoms with E-state index in [-0.39, 0.29) is 0 Å². The third-order valence-corrected chi connectivity index (χ3v) is 8.07. The van der Waals surface area contributed by atoms with Crippen molar-refractivity contribution < 1.29 is 8.83 Å². The van der Waals surface area contributed by atoms with Gasteiger partial charge < -0.3 is 13.4 Å². The van der Waals surface area contributed by atoms with Crippen molar-refractivity contribution in [2.24, 2.45) is 0 Å². The van der Waals surface area contributed by atoms with Gasteiger partial charge >= 0.3 is 0 Å². The minimum Gasteiger partial charge on any atom is -0.456 e. The molecule has 192 valence electrons. The van der Waals surface area contributed by atoms with Gasteiger partial charge in [-0.15, -0.1) is 0 Å². The van der Waals surface area contributed by atoms with E-state index in [0.29, 0.717) is 5.89 Å². The molecule has 0 aliphatic heterocycles. The second-order valence-corrected chi connectivity index (χ2v) is 10.4. The predicted octanol–water partition coefficient (Wildman–Crippen LogP) is 10.2. The van der Waals surface area contributed by atoms with Crippen molar-refractivity contribution in [3.63, 3.8) is 0 Å². The normalized spacial score (nSPS) is 11.9. The summed E-state index contributed by atoms with van der Waals surface area (Å²) in [5.41, 5.74) is 10.1. The summed E-state index contributed by atoms with van der Waals surface area (Å²) in [5, 5.41) is 4.58. The van der Waals surface area contributed by atoms with Crippen molar-refractivity contribution in [2.75, 3.05) is 0 Å². The molecule has 3 heterocycles. The first kappa shape index (κ1) is 22.2. The summed E-state index contributed by atoms with van der Waals surface area (Å²) in [5.74, 6) is 0.603. The standard InChI is InChI=1S/C37H22N2O2/c1-4-10-30-27(7-1)28-8-2-5-11-31(28)39(30)26-19-17-24(18-20-26)23-13-15-25(16-14-23)37-38-36-34(41-37)22-21-33-35(36)29-9-3-6-12-32(29)40-33/h1-22H. The maximum absolute atomic E-state index is 6.20. The summed E-state index contributed by atoms with van der Waals surface area (Å²) in [6.45, 7) is 0. The van der Waals surface area contributed by atoms with Gasteiger partial charge in [0.05, 0.1) is 16.4 Å². The zero-order chi connectivity index (χ0) is 26.9. The molecule has 0 saturated carbocycles. The molecule has 0 fully saturated rings. The Morgan fingerprint density at radius 2 is 1.00 bits per heavy atom. The van der Waals surface area contributed by atoms with E-state index in [1.165, 1.54) is 21.8 Å². The molecule has 0 unspecified atom stereocenters. The Morgan fingerprint density at radius 3 is 1.71 bits per heavy atom. The van der Waals surface area contributed by atoms with Gasteiger partial charge in [0, 0.05) is 27.4 Å². The molecule has 0 bridgehead atoms. The van der Waals surface area contributed by atoms with Gasteiger partial charge in [-0.05, 0) is 65.7 Å². The highest BCUT2D eigenvalue weighted by Crippen LogP contribution is 2.37. The number of aromatic nitrogens is 2. The number of benzene rings is 6. The second kappa shape index (κ2) is 8.44. The minimum atomic E-state index is 0.603. The van der Waals surface area contributed by atoms with Crippen molar-refractivity contribution in [3.05, 3.63) is 133 Å². The third kappa shape index (κ3) is 3.31. The number of para-hydroxylation sites is 3. The highest BCUT2D eigenvalue weighted by atomic mass is 16.4. The van der Waals surface area contributed by atoms with Gasteiger partial charge in [0.15, 0.2) is 5.58 Å². The number of hydrogen-bond donors (Lipinski definition) is 0. The van der Waals surface area contributed by atoms with E-state index in [0.717, 1.165) is 55.4 Å². The lowest BCUT2D eigenvalue weighted by molar-refractivity contribution is 0.619. The molecular weight excluding hydrogens is 504 g/mol. The second-order valence-electron chi connectivity index (χ2n) is 10.4. The van der Waals surface area contributed by atoms with Crippen LogP contribution in [-0.2, 0) is 0 Å². The molecule has 9 aromatic rings. The number of furan rings is 1. The molecule has 3 aromatic heterocycles. The largest absolute Gasteiger partial charge is 0.456 e. The zero-order valence-corrected chi connectivity index (χ0v) is 21.9. The molecule has 0 amide bonds. The summed E-state index contributed by atoms with van der Waals surface area (Å²) in [4.78, 5) is 4.90. The van der Waals surface area contributed by atoms with Gasteiger partial charge in [0.1, 0.15) is 16.7 Å². The van der Waals surface area contributed by atoms with Crippen molar-refractivity contribution in [2.45, 2.75) is 0 Å². The van der Waals surface area contributed by atoms with Gasteiger partial charge in [-0.3, -0.25) is 0 Å². The summed E-state index contributed by atoms with van der Waals surface area (Å²) in [6.07, 6.45) is 0. The van der Waals surface area contributed by atoms with E-state index in [9.17, 15) is 0 Å². The monoisotopic (exact) mass is 526 g/mol. The molecule has 41 heavy (non-hydrogen) atoms. The van der Waals surface area contributed by atoms with Gasteiger partial charge in [0.25, 0.3) is 0 Å². The Balaban J connectivity index is 1.08. The number of fused-ring (bicyclic) bond motifs is 8. The summed E-state index contributed by atoms with van der Waals surface area (Å²) in [6, 6.07) is 46.3. The lowest BCUT2D eigenvalue weighted by Gasteiger charge is -2.09. The number of oxazole rings is 1. The van der Waals surface area contributed by atoms with Gasteiger partial charge in [-0.1, -0.05) is 78.9 Å². The van der Waals surface area contributed by atoms with E-state index in [4.69, 9.17) is 13.8 Å². The first-order chi connectivity index (χ1) is 20.3. The Labute approximate surface area is 234 Å². The van der Waals surface area contributed by atoms with Crippen molar-refractivity contribution >= 4 is 54.8 Å². The van der Waals surface area contributed by atoms with Crippen LogP contribution in [0, 0.1) is 0 Å². The van der Waals surface area contributed by atoms with Gasteiger partial charge in [0.2, 0.25) is 5.89 Å². The van der Waals surface area contributed by atoms with Crippen molar-refractivity contribution in [1.29, 1.82) is 0 Å². The predicted molar refractivity (Wildman–Crippen MR) is 166 cm³/mol. The molecule has 0 saturated heterocycles. The summed E-state index contributed by atoms with van der Waals surface area (Å²) in [7, 11) is 0. The lowest BCUT2D eigenvalue weighted by Crippen LogP contribution is -1.93. The van der Waals surface area contributed by atoms with Crippen LogP contribution in [0.5, 0.6) is 0 Å². The molecular formula is C37H22N2O2. The van der Waals surface area contributed by atoms with E-state index in [2.05, 4.69) is 108 Å². The molecule has 0 radical (unpaired) electrons. The van der Waals surface area contributed by atoms with Crippen LogP contribution in [0.2, 0.25) is 0 Å². The molecule has 0 aliphatic rings. The molecule has 9 rings (SSSR count). The molecule has 6 aromatic carbocycles. The molecule has 0 spiro atoms. The maximum Gasteiger partial charge on any atom is 0.227 e. The fourth-order valence-electron chi connectivity index (χ4n) is 6.13. The van der Waals surface area contributed by atoms with E-state index >= 15 is 0 Å². The highest BCUT2D eigenvalue weighted by Gasteiger charge is 2.16. The summed E-state index contributed by atoms with van der Waals surface area (Å²) >= 11 is 0. The average Bonchev–Trinajstić information content (AvgIpc) is 3.73. The van der Waals surface area contributed by atoms with Crippen LogP contribution >= 0.6 is 0 Å². The zero-order valence-electron chi connectivity index (χ0n) is 21.9. The molecule has 4 nitrogen and oxygen atoms in total. The minimum absolute atomic E-state index is 0.603. The van der Waals surface area contributed by atoms with Crippen LogP contribution in [0.4, 0.5) is 0 Å². The van der Waals surface area contributed by atoms with Crippen LogP contribution in [0.25, 0.3) is 83.1 Å². The van der Waals surface area contributed by atoms with E-state index < -0.39 is 0 Å². The van der Waals surface area contributed by atoms with Crippen molar-refractivity contribution in [3.8, 4) is 28.3 Å². The first-order valence-corrected chi connectivity index (χ1v) is 13.7. The third-order valence-electron chi connectivity index (χ3n) is 8.07. The number of rotatable bonds is 3. The smallest absolute Gasteiger partial charge is 0.227 e. The Kier molecular flexibility index (Phi) is 4.58. The number of hydrogen-bond acceptors (Lipinski definition) is 3. The topological polar surface area (TPSA) is 44.1 Å². The molecule has 0 atom stereocenters.